The molecular formula is C8H14Cl2O2. The molecule has 2 rings (SSSR count). The SMILES string of the molecule is C1COC1.ClCC1(CCl)COC1. The van der Waals surface area contributed by atoms with Crippen molar-refractivity contribution in [2.24, 2.45) is 5.41 Å². The van der Waals surface area contributed by atoms with E-state index in [1.807, 2.05) is 0 Å². The molecule has 4 heteroatoms. The minimum atomic E-state index is 0.114. The van der Waals surface area contributed by atoms with E-state index in [0.29, 0.717) is 11.8 Å². The van der Waals surface area contributed by atoms with Gasteiger partial charge in [0.2, 0.25) is 0 Å². The third kappa shape index (κ3) is 2.77. The summed E-state index contributed by atoms with van der Waals surface area (Å²) >= 11 is 11.2. The third-order valence-electron chi connectivity index (χ3n) is 1.96. The number of hydrogen-bond acceptors (Lipinski definition) is 2. The maximum absolute atomic E-state index is 5.60. The van der Waals surface area contributed by atoms with Crippen molar-refractivity contribution < 1.29 is 9.47 Å². The van der Waals surface area contributed by atoms with Gasteiger partial charge < -0.3 is 9.47 Å². The van der Waals surface area contributed by atoms with Crippen molar-refractivity contribution in [3.05, 3.63) is 0 Å². The molecule has 2 nitrogen and oxygen atoms in total. The Morgan fingerprint density at radius 2 is 1.42 bits per heavy atom. The van der Waals surface area contributed by atoms with Crippen LogP contribution >= 0.6 is 23.2 Å². The van der Waals surface area contributed by atoms with Crippen LogP contribution in [0.2, 0.25) is 0 Å². The van der Waals surface area contributed by atoms with Crippen molar-refractivity contribution in [3.8, 4) is 0 Å². The Morgan fingerprint density at radius 1 is 1.00 bits per heavy atom. The zero-order chi connectivity index (χ0) is 8.86. The topological polar surface area (TPSA) is 18.5 Å². The number of hydrogen-bond donors (Lipinski definition) is 0. The third-order valence-corrected chi connectivity index (χ3v) is 3.09. The average Bonchev–Trinajstić information content (AvgIpc) is 1.83. The van der Waals surface area contributed by atoms with Gasteiger partial charge >= 0.3 is 0 Å². The first-order valence-corrected chi connectivity index (χ1v) is 5.17. The summed E-state index contributed by atoms with van der Waals surface area (Å²) in [4.78, 5) is 0. The molecule has 2 saturated heterocycles. The molecule has 0 bridgehead atoms. The van der Waals surface area contributed by atoms with E-state index in [9.17, 15) is 0 Å². The van der Waals surface area contributed by atoms with E-state index in [1.54, 1.807) is 0 Å². The molecule has 0 aromatic rings. The van der Waals surface area contributed by atoms with Gasteiger partial charge in [0.1, 0.15) is 0 Å². The van der Waals surface area contributed by atoms with Crippen LogP contribution in [0.15, 0.2) is 0 Å². The molecule has 2 aliphatic heterocycles. The number of rotatable bonds is 2. The second-order valence-electron chi connectivity index (χ2n) is 3.23. The maximum atomic E-state index is 5.60. The molecule has 0 saturated carbocycles. The van der Waals surface area contributed by atoms with Gasteiger partial charge in [-0.15, -0.1) is 23.2 Å². The Hall–Kier alpha value is 0.500. The highest BCUT2D eigenvalue weighted by Crippen LogP contribution is 2.29. The summed E-state index contributed by atoms with van der Waals surface area (Å²) in [6, 6.07) is 0. The van der Waals surface area contributed by atoms with Gasteiger partial charge in [0, 0.05) is 30.4 Å². The van der Waals surface area contributed by atoms with E-state index in [1.165, 1.54) is 6.42 Å². The van der Waals surface area contributed by atoms with Gasteiger partial charge in [0.25, 0.3) is 0 Å². The van der Waals surface area contributed by atoms with Gasteiger partial charge in [0.15, 0.2) is 0 Å². The number of halogens is 2. The number of alkyl halides is 2. The first-order chi connectivity index (χ1) is 5.83. The lowest BCUT2D eigenvalue weighted by molar-refractivity contribution is -0.0846. The molecule has 0 unspecified atom stereocenters. The van der Waals surface area contributed by atoms with E-state index in [4.69, 9.17) is 32.7 Å². The lowest BCUT2D eigenvalue weighted by atomic mass is 9.91. The lowest BCUT2D eigenvalue weighted by Crippen LogP contribution is -2.45. The normalized spacial score (nSPS) is 24.5. The fourth-order valence-electron chi connectivity index (χ4n) is 0.725. The first kappa shape index (κ1) is 10.6. The van der Waals surface area contributed by atoms with E-state index in [2.05, 4.69) is 0 Å². The highest BCUT2D eigenvalue weighted by molar-refractivity contribution is 6.21. The monoisotopic (exact) mass is 212 g/mol. The average molecular weight is 213 g/mol. The molecular weight excluding hydrogens is 199 g/mol. The fraction of sp³-hybridized carbons (Fsp3) is 1.00. The largest absolute Gasteiger partial charge is 0.381 e. The molecule has 2 fully saturated rings. The molecule has 72 valence electrons. The molecule has 0 aromatic heterocycles. The van der Waals surface area contributed by atoms with Crippen LogP contribution in [0.1, 0.15) is 6.42 Å². The molecule has 0 atom stereocenters. The van der Waals surface area contributed by atoms with Gasteiger partial charge in [0.05, 0.1) is 13.2 Å². The molecule has 0 N–H and O–H groups in total. The highest BCUT2D eigenvalue weighted by Gasteiger charge is 2.36. The van der Waals surface area contributed by atoms with Crippen LogP contribution in [0, 0.1) is 5.41 Å². The standard InChI is InChI=1S/C5H8Cl2O.C3H6O/c6-1-5(2-7)3-8-4-5;1-2-4-3-1/h1-4H2;1-3H2. The summed E-state index contributed by atoms with van der Waals surface area (Å²) in [5, 5.41) is 0. The smallest absolute Gasteiger partial charge is 0.0567 e. The molecule has 12 heavy (non-hydrogen) atoms. The van der Waals surface area contributed by atoms with Crippen LogP contribution in [0.3, 0.4) is 0 Å². The second-order valence-corrected chi connectivity index (χ2v) is 3.76. The van der Waals surface area contributed by atoms with Gasteiger partial charge in [-0.3, -0.25) is 0 Å². The minimum absolute atomic E-state index is 0.114. The minimum Gasteiger partial charge on any atom is -0.381 e. The van der Waals surface area contributed by atoms with Crippen molar-refractivity contribution >= 4 is 23.2 Å². The maximum Gasteiger partial charge on any atom is 0.0567 e. The van der Waals surface area contributed by atoms with Crippen molar-refractivity contribution in [1.82, 2.24) is 0 Å². The summed E-state index contributed by atoms with van der Waals surface area (Å²) in [5.74, 6) is 1.24. The summed E-state index contributed by atoms with van der Waals surface area (Å²) in [6.45, 7) is 3.47. The molecule has 0 amide bonds. The van der Waals surface area contributed by atoms with Gasteiger partial charge in [-0.05, 0) is 6.42 Å². The van der Waals surface area contributed by atoms with Crippen molar-refractivity contribution in [1.29, 1.82) is 0 Å². The Kier molecular flexibility index (Phi) is 4.65. The Morgan fingerprint density at radius 3 is 1.42 bits per heavy atom. The molecule has 0 aliphatic carbocycles. The van der Waals surface area contributed by atoms with Crippen LogP contribution in [0.4, 0.5) is 0 Å². The van der Waals surface area contributed by atoms with E-state index in [-0.39, 0.29) is 5.41 Å². The first-order valence-electron chi connectivity index (χ1n) is 4.10. The van der Waals surface area contributed by atoms with Crippen molar-refractivity contribution in [2.45, 2.75) is 6.42 Å². The zero-order valence-corrected chi connectivity index (χ0v) is 8.53. The molecule has 0 aromatic carbocycles. The van der Waals surface area contributed by atoms with Crippen molar-refractivity contribution in [2.75, 3.05) is 38.2 Å². The highest BCUT2D eigenvalue weighted by atomic mass is 35.5. The molecule has 0 spiro atoms. The number of ether oxygens (including phenoxy) is 2. The quantitative estimate of drug-likeness (QED) is 0.652. The summed E-state index contributed by atoms with van der Waals surface area (Å²) < 4.78 is 9.67. The fourth-order valence-corrected chi connectivity index (χ4v) is 1.32. The molecule has 2 heterocycles. The van der Waals surface area contributed by atoms with E-state index >= 15 is 0 Å². The van der Waals surface area contributed by atoms with E-state index < -0.39 is 0 Å². The predicted octanol–water partition coefficient (Wildman–Crippen LogP) is 1.89. The zero-order valence-electron chi connectivity index (χ0n) is 7.02. The van der Waals surface area contributed by atoms with Gasteiger partial charge in [-0.1, -0.05) is 0 Å². The van der Waals surface area contributed by atoms with Crippen LogP contribution in [-0.4, -0.2) is 38.2 Å². The Balaban J connectivity index is 0.000000150. The summed E-state index contributed by atoms with van der Waals surface area (Å²) in [5.41, 5.74) is 0.114. The Labute approximate surface area is 83.1 Å². The van der Waals surface area contributed by atoms with Crippen molar-refractivity contribution in [3.63, 3.8) is 0 Å². The van der Waals surface area contributed by atoms with Crippen LogP contribution in [-0.2, 0) is 9.47 Å². The van der Waals surface area contributed by atoms with Gasteiger partial charge in [-0.2, -0.15) is 0 Å². The van der Waals surface area contributed by atoms with Crippen LogP contribution in [0.25, 0.3) is 0 Å². The molecule has 0 radical (unpaired) electrons. The van der Waals surface area contributed by atoms with Gasteiger partial charge in [-0.25, -0.2) is 0 Å². The van der Waals surface area contributed by atoms with Crippen LogP contribution < -0.4 is 0 Å². The predicted molar refractivity (Wildman–Crippen MR) is 50.1 cm³/mol. The molecule has 2 aliphatic rings. The van der Waals surface area contributed by atoms with E-state index in [0.717, 1.165) is 26.4 Å². The lowest BCUT2D eigenvalue weighted by Gasteiger charge is -2.37. The Bertz CT molecular complexity index is 105. The summed E-state index contributed by atoms with van der Waals surface area (Å²) in [6.07, 6.45) is 1.28. The summed E-state index contributed by atoms with van der Waals surface area (Å²) in [7, 11) is 0. The van der Waals surface area contributed by atoms with Crippen LogP contribution in [0.5, 0.6) is 0 Å². The second kappa shape index (κ2) is 5.28.